The summed E-state index contributed by atoms with van der Waals surface area (Å²) in [7, 11) is -1.96. The number of benzene rings is 1. The van der Waals surface area contributed by atoms with Crippen LogP contribution in [0.5, 0.6) is 0 Å². The predicted molar refractivity (Wildman–Crippen MR) is 84.1 cm³/mol. The fourth-order valence-corrected chi connectivity index (χ4v) is 5.13. The molecule has 3 rings (SSSR count). The molecular formula is C15H18ClN3O2S. The third-order valence-corrected chi connectivity index (χ3v) is 6.92. The largest absolute Gasteiger partial charge is 0.311 e. The Hall–Kier alpha value is -1.13. The van der Waals surface area contributed by atoms with Crippen molar-refractivity contribution in [2.24, 2.45) is 0 Å². The van der Waals surface area contributed by atoms with Crippen molar-refractivity contribution in [3.8, 4) is 6.07 Å². The van der Waals surface area contributed by atoms with Crippen molar-refractivity contribution in [2.45, 2.75) is 48.7 Å². The maximum atomic E-state index is 12.8. The van der Waals surface area contributed by atoms with Gasteiger partial charge in [0.1, 0.15) is 6.07 Å². The first kappa shape index (κ1) is 15.8. The summed E-state index contributed by atoms with van der Waals surface area (Å²) in [5, 5.41) is 12.6. The normalized spacial score (nSPS) is 27.8. The van der Waals surface area contributed by atoms with Gasteiger partial charge in [0, 0.05) is 25.2 Å². The van der Waals surface area contributed by atoms with E-state index in [9.17, 15) is 8.42 Å². The van der Waals surface area contributed by atoms with Crippen LogP contribution < -0.4 is 5.32 Å². The van der Waals surface area contributed by atoms with Gasteiger partial charge in [0.25, 0.3) is 0 Å². The molecule has 2 bridgehead atoms. The molecule has 2 heterocycles. The van der Waals surface area contributed by atoms with Crippen molar-refractivity contribution in [3.05, 3.63) is 28.8 Å². The van der Waals surface area contributed by atoms with E-state index < -0.39 is 10.0 Å². The van der Waals surface area contributed by atoms with Crippen LogP contribution >= 0.6 is 11.6 Å². The van der Waals surface area contributed by atoms with Crippen molar-refractivity contribution in [3.63, 3.8) is 0 Å². The van der Waals surface area contributed by atoms with Crippen molar-refractivity contribution < 1.29 is 8.42 Å². The van der Waals surface area contributed by atoms with Gasteiger partial charge in [-0.1, -0.05) is 11.6 Å². The highest BCUT2D eigenvalue weighted by molar-refractivity contribution is 7.89. The van der Waals surface area contributed by atoms with Crippen LogP contribution in [0.4, 0.5) is 0 Å². The fourth-order valence-electron chi connectivity index (χ4n) is 3.43. The van der Waals surface area contributed by atoms with E-state index in [2.05, 4.69) is 5.32 Å². The Labute approximate surface area is 135 Å². The first-order valence-electron chi connectivity index (χ1n) is 7.35. The highest BCUT2D eigenvalue weighted by atomic mass is 35.5. The van der Waals surface area contributed by atoms with Crippen LogP contribution in [0.25, 0.3) is 0 Å². The number of halogens is 1. The average molecular weight is 340 g/mol. The number of nitrogens with zero attached hydrogens (tertiary/aromatic N) is 2. The second-order valence-electron chi connectivity index (χ2n) is 6.04. The van der Waals surface area contributed by atoms with Crippen LogP contribution in [-0.4, -0.2) is 37.9 Å². The molecule has 0 radical (unpaired) electrons. The number of sulfonamides is 1. The first-order chi connectivity index (χ1) is 10.4. The minimum absolute atomic E-state index is 0.0122. The predicted octanol–water partition coefficient (Wildman–Crippen LogP) is 2.12. The summed E-state index contributed by atoms with van der Waals surface area (Å²) in [5.74, 6) is 0. The van der Waals surface area contributed by atoms with Crippen LogP contribution in [0.3, 0.4) is 0 Å². The Bertz CT molecular complexity index is 717. The van der Waals surface area contributed by atoms with Crippen LogP contribution in [0.1, 0.15) is 31.2 Å². The SMILES string of the molecule is CN(C1CC2CCC(C1)N2)S(=O)(=O)c1ccc(C#N)c(Cl)c1. The summed E-state index contributed by atoms with van der Waals surface area (Å²) >= 11 is 5.97. The molecule has 0 amide bonds. The molecular weight excluding hydrogens is 322 g/mol. The minimum Gasteiger partial charge on any atom is -0.311 e. The first-order valence-corrected chi connectivity index (χ1v) is 9.17. The lowest BCUT2D eigenvalue weighted by atomic mass is 10.0. The molecule has 2 aliphatic rings. The number of nitriles is 1. The van der Waals surface area contributed by atoms with Crippen LogP contribution in [0.15, 0.2) is 23.1 Å². The highest BCUT2D eigenvalue weighted by Crippen LogP contribution is 2.32. The zero-order valence-electron chi connectivity index (χ0n) is 12.3. The van der Waals surface area contributed by atoms with Gasteiger partial charge in [-0.15, -0.1) is 0 Å². The minimum atomic E-state index is -3.59. The summed E-state index contributed by atoms with van der Waals surface area (Å²) in [5.41, 5.74) is 0.281. The summed E-state index contributed by atoms with van der Waals surface area (Å²) in [6.07, 6.45) is 3.93. The number of rotatable bonds is 3. The molecule has 0 aromatic heterocycles. The van der Waals surface area contributed by atoms with Crippen LogP contribution in [0, 0.1) is 11.3 Å². The average Bonchev–Trinajstić information content (AvgIpc) is 2.84. The molecule has 118 valence electrons. The number of hydrogen-bond donors (Lipinski definition) is 1. The van der Waals surface area contributed by atoms with E-state index in [-0.39, 0.29) is 21.5 Å². The summed E-state index contributed by atoms with van der Waals surface area (Å²) in [6.45, 7) is 0. The molecule has 2 unspecified atom stereocenters. The van der Waals surface area contributed by atoms with Gasteiger partial charge in [0.15, 0.2) is 0 Å². The van der Waals surface area contributed by atoms with Crippen LogP contribution in [-0.2, 0) is 10.0 Å². The number of hydrogen-bond acceptors (Lipinski definition) is 4. The lowest BCUT2D eigenvalue weighted by molar-refractivity contribution is 0.251. The molecule has 0 saturated carbocycles. The van der Waals surface area contributed by atoms with Crippen molar-refractivity contribution in [1.82, 2.24) is 9.62 Å². The van der Waals surface area contributed by atoms with Gasteiger partial charge in [-0.25, -0.2) is 8.42 Å². The third-order valence-electron chi connectivity index (χ3n) is 4.70. The molecule has 0 aliphatic carbocycles. The van der Waals surface area contributed by atoms with Gasteiger partial charge in [0.2, 0.25) is 10.0 Å². The molecule has 22 heavy (non-hydrogen) atoms. The van der Waals surface area contributed by atoms with Gasteiger partial charge >= 0.3 is 0 Å². The maximum absolute atomic E-state index is 12.8. The zero-order valence-corrected chi connectivity index (χ0v) is 13.9. The summed E-state index contributed by atoms with van der Waals surface area (Å²) < 4.78 is 27.0. The Morgan fingerprint density at radius 1 is 1.32 bits per heavy atom. The van der Waals surface area contributed by atoms with Crippen molar-refractivity contribution in [1.29, 1.82) is 5.26 Å². The Morgan fingerprint density at radius 3 is 2.50 bits per heavy atom. The monoisotopic (exact) mass is 339 g/mol. The lowest BCUT2D eigenvalue weighted by Gasteiger charge is -2.34. The highest BCUT2D eigenvalue weighted by Gasteiger charge is 2.38. The second kappa shape index (κ2) is 5.82. The molecule has 2 atom stereocenters. The Kier molecular flexibility index (Phi) is 4.17. The molecule has 1 aromatic rings. The molecule has 7 heteroatoms. The number of nitrogens with one attached hydrogen (secondary N) is 1. The molecule has 0 spiro atoms. The smallest absolute Gasteiger partial charge is 0.243 e. The standard InChI is InChI=1S/C15H18ClN3O2S/c1-19(13-6-11-3-4-12(7-13)18-11)22(20,21)14-5-2-10(9-17)15(16)8-14/h2,5,8,11-13,18H,3-4,6-7H2,1H3. The van der Waals surface area contributed by atoms with E-state index >= 15 is 0 Å². The Balaban J connectivity index is 1.86. The summed E-state index contributed by atoms with van der Waals surface area (Å²) in [4.78, 5) is 0.143. The summed E-state index contributed by atoms with van der Waals surface area (Å²) in [6, 6.07) is 7.06. The van der Waals surface area contributed by atoms with Crippen molar-refractivity contribution in [2.75, 3.05) is 7.05 Å². The number of fused-ring (bicyclic) bond motifs is 2. The maximum Gasteiger partial charge on any atom is 0.243 e. The topological polar surface area (TPSA) is 73.2 Å². The van der Waals surface area contributed by atoms with E-state index in [0.717, 1.165) is 25.7 Å². The van der Waals surface area contributed by atoms with E-state index in [1.165, 1.54) is 22.5 Å². The Morgan fingerprint density at radius 2 is 1.95 bits per heavy atom. The molecule has 5 nitrogen and oxygen atoms in total. The van der Waals surface area contributed by atoms with E-state index in [0.29, 0.717) is 12.1 Å². The fraction of sp³-hybridized carbons (Fsp3) is 0.533. The number of piperidine rings is 1. The second-order valence-corrected chi connectivity index (χ2v) is 8.44. The quantitative estimate of drug-likeness (QED) is 0.915. The molecule has 1 aromatic carbocycles. The van der Waals surface area contributed by atoms with E-state index in [4.69, 9.17) is 16.9 Å². The van der Waals surface area contributed by atoms with E-state index in [1.54, 1.807) is 7.05 Å². The van der Waals surface area contributed by atoms with Gasteiger partial charge < -0.3 is 5.32 Å². The molecule has 2 fully saturated rings. The molecule has 2 saturated heterocycles. The van der Waals surface area contributed by atoms with Gasteiger partial charge in [-0.3, -0.25) is 0 Å². The van der Waals surface area contributed by atoms with E-state index in [1.807, 2.05) is 6.07 Å². The van der Waals surface area contributed by atoms with Gasteiger partial charge in [-0.2, -0.15) is 9.57 Å². The van der Waals surface area contributed by atoms with Gasteiger partial charge in [0.05, 0.1) is 15.5 Å². The molecule has 1 N–H and O–H groups in total. The van der Waals surface area contributed by atoms with Crippen molar-refractivity contribution >= 4 is 21.6 Å². The third kappa shape index (κ3) is 2.74. The van der Waals surface area contributed by atoms with Gasteiger partial charge in [-0.05, 0) is 43.9 Å². The molecule has 2 aliphatic heterocycles. The van der Waals surface area contributed by atoms with Crippen LogP contribution in [0.2, 0.25) is 5.02 Å². The zero-order chi connectivity index (χ0) is 15.9. The lowest BCUT2D eigenvalue weighted by Crippen LogP contribution is -2.48.